The maximum Gasteiger partial charge on any atom is 0.344 e. The van der Waals surface area contributed by atoms with Crippen molar-refractivity contribution >= 4 is 16.9 Å². The van der Waals surface area contributed by atoms with Crippen molar-refractivity contribution < 1.29 is 23.1 Å². The van der Waals surface area contributed by atoms with Gasteiger partial charge in [0.2, 0.25) is 16.9 Å². The summed E-state index contributed by atoms with van der Waals surface area (Å²) in [6.07, 6.45) is 6.47. The molecular formula is C22H22O6. The molecule has 146 valence electrons. The van der Waals surface area contributed by atoms with E-state index in [2.05, 4.69) is 0 Å². The van der Waals surface area contributed by atoms with Gasteiger partial charge in [-0.15, -0.1) is 0 Å². The Hall–Kier alpha value is -3.02. The number of benzene rings is 1. The first-order chi connectivity index (χ1) is 13.6. The van der Waals surface area contributed by atoms with E-state index in [0.29, 0.717) is 16.7 Å². The second kappa shape index (κ2) is 7.92. The molecule has 0 spiro atoms. The van der Waals surface area contributed by atoms with E-state index in [4.69, 9.17) is 18.3 Å². The van der Waals surface area contributed by atoms with Crippen molar-refractivity contribution in [3.05, 3.63) is 52.4 Å². The smallest absolute Gasteiger partial charge is 0.344 e. The first kappa shape index (κ1) is 18.3. The van der Waals surface area contributed by atoms with Gasteiger partial charge in [-0.05, 0) is 56.9 Å². The number of aryl methyl sites for hydroxylation is 1. The highest BCUT2D eigenvalue weighted by Crippen LogP contribution is 2.31. The average Bonchev–Trinajstić information content (AvgIpc) is 3.23. The van der Waals surface area contributed by atoms with Gasteiger partial charge in [0.25, 0.3) is 0 Å². The van der Waals surface area contributed by atoms with Gasteiger partial charge >= 0.3 is 5.97 Å². The summed E-state index contributed by atoms with van der Waals surface area (Å²) in [6, 6.07) is 8.69. The van der Waals surface area contributed by atoms with E-state index in [-0.39, 0.29) is 29.6 Å². The zero-order valence-corrected chi connectivity index (χ0v) is 15.7. The predicted octanol–water partition coefficient (Wildman–Crippen LogP) is 4.62. The van der Waals surface area contributed by atoms with E-state index in [1.54, 1.807) is 24.3 Å². The Morgan fingerprint density at radius 1 is 1.18 bits per heavy atom. The number of carbonyl (C=O) groups is 1. The fraction of sp³-hybridized carbons (Fsp3) is 0.364. The molecule has 0 bridgehead atoms. The number of esters is 1. The van der Waals surface area contributed by atoms with Gasteiger partial charge in [-0.2, -0.15) is 0 Å². The Labute approximate surface area is 162 Å². The second-order valence-electron chi connectivity index (χ2n) is 7.10. The Morgan fingerprint density at radius 2 is 2.00 bits per heavy atom. The van der Waals surface area contributed by atoms with E-state index in [0.717, 1.165) is 31.2 Å². The first-order valence-electron chi connectivity index (χ1n) is 9.55. The average molecular weight is 382 g/mol. The minimum Gasteiger partial charge on any atom is -0.474 e. The molecule has 2 aromatic heterocycles. The van der Waals surface area contributed by atoms with Gasteiger partial charge in [-0.25, -0.2) is 4.79 Å². The van der Waals surface area contributed by atoms with E-state index >= 15 is 0 Å². The molecule has 0 unspecified atom stereocenters. The fourth-order valence-corrected chi connectivity index (χ4v) is 3.53. The number of rotatable bonds is 5. The SMILES string of the molecule is Cc1ccc2oc(-c3ccco3)c(OCC(=O)OC3CCCCC3)c(=O)c2c1. The zero-order chi connectivity index (χ0) is 19.5. The molecule has 0 amide bonds. The van der Waals surface area contributed by atoms with Crippen molar-refractivity contribution in [3.8, 4) is 17.3 Å². The van der Waals surface area contributed by atoms with E-state index < -0.39 is 5.97 Å². The lowest BCUT2D eigenvalue weighted by atomic mass is 9.98. The molecule has 1 aliphatic carbocycles. The van der Waals surface area contributed by atoms with Crippen LogP contribution >= 0.6 is 0 Å². The maximum absolute atomic E-state index is 13.0. The van der Waals surface area contributed by atoms with Crippen LogP contribution in [0.1, 0.15) is 37.7 Å². The number of hydrogen-bond donors (Lipinski definition) is 0. The summed E-state index contributed by atoms with van der Waals surface area (Å²) in [4.78, 5) is 25.2. The van der Waals surface area contributed by atoms with Crippen molar-refractivity contribution in [2.24, 2.45) is 0 Å². The van der Waals surface area contributed by atoms with E-state index in [1.807, 2.05) is 13.0 Å². The third-order valence-corrected chi connectivity index (χ3v) is 4.93. The summed E-state index contributed by atoms with van der Waals surface area (Å²) in [7, 11) is 0. The molecule has 6 heteroatoms. The van der Waals surface area contributed by atoms with Crippen molar-refractivity contribution in [3.63, 3.8) is 0 Å². The fourth-order valence-electron chi connectivity index (χ4n) is 3.53. The summed E-state index contributed by atoms with van der Waals surface area (Å²) in [5.41, 5.74) is 1.01. The topological polar surface area (TPSA) is 78.9 Å². The second-order valence-corrected chi connectivity index (χ2v) is 7.10. The lowest BCUT2D eigenvalue weighted by Crippen LogP contribution is -2.25. The van der Waals surface area contributed by atoms with Crippen molar-refractivity contribution in [1.82, 2.24) is 0 Å². The number of fused-ring (bicyclic) bond motifs is 1. The zero-order valence-electron chi connectivity index (χ0n) is 15.7. The predicted molar refractivity (Wildman–Crippen MR) is 103 cm³/mol. The molecule has 3 aromatic rings. The summed E-state index contributed by atoms with van der Waals surface area (Å²) in [5, 5.41) is 0.394. The Kier molecular flexibility index (Phi) is 5.19. The first-order valence-corrected chi connectivity index (χ1v) is 9.55. The molecule has 1 aliphatic rings. The van der Waals surface area contributed by atoms with Gasteiger partial charge < -0.3 is 18.3 Å². The molecule has 1 saturated carbocycles. The maximum atomic E-state index is 13.0. The molecular weight excluding hydrogens is 360 g/mol. The third-order valence-electron chi connectivity index (χ3n) is 4.93. The molecule has 0 aliphatic heterocycles. The highest BCUT2D eigenvalue weighted by Gasteiger charge is 2.22. The minimum atomic E-state index is -0.485. The molecule has 0 atom stereocenters. The summed E-state index contributed by atoms with van der Waals surface area (Å²) in [6.45, 7) is 1.54. The standard InChI is InChI=1S/C22H22O6/c1-14-9-10-17-16(12-14)20(24)22(21(28-17)18-8-5-11-25-18)26-13-19(23)27-15-6-3-2-4-7-15/h5,8-12,15H,2-4,6-7,13H2,1H3. The van der Waals surface area contributed by atoms with Gasteiger partial charge in [-0.3, -0.25) is 4.79 Å². The Balaban J connectivity index is 1.62. The molecule has 1 aromatic carbocycles. The number of ether oxygens (including phenoxy) is 2. The van der Waals surface area contributed by atoms with Crippen LogP contribution in [-0.2, 0) is 9.53 Å². The molecule has 0 saturated heterocycles. The molecule has 6 nitrogen and oxygen atoms in total. The number of carbonyl (C=O) groups excluding carboxylic acids is 1. The molecule has 4 rings (SSSR count). The minimum absolute atomic E-state index is 0.0476. The van der Waals surface area contributed by atoms with Gasteiger partial charge in [0.1, 0.15) is 11.7 Å². The van der Waals surface area contributed by atoms with Crippen molar-refractivity contribution in [1.29, 1.82) is 0 Å². The number of hydrogen-bond acceptors (Lipinski definition) is 6. The van der Waals surface area contributed by atoms with Crippen LogP contribution in [0.3, 0.4) is 0 Å². The summed E-state index contributed by atoms with van der Waals surface area (Å²) < 4.78 is 22.3. The summed E-state index contributed by atoms with van der Waals surface area (Å²) >= 11 is 0. The van der Waals surface area contributed by atoms with Crippen LogP contribution in [0.15, 0.2) is 50.2 Å². The van der Waals surface area contributed by atoms with Crippen LogP contribution in [0.25, 0.3) is 22.5 Å². The lowest BCUT2D eigenvalue weighted by molar-refractivity contribution is -0.152. The van der Waals surface area contributed by atoms with Gasteiger partial charge in [0.15, 0.2) is 12.4 Å². The molecule has 2 heterocycles. The van der Waals surface area contributed by atoms with Crippen molar-refractivity contribution in [2.75, 3.05) is 6.61 Å². The van der Waals surface area contributed by atoms with Crippen LogP contribution in [0, 0.1) is 6.92 Å². The summed E-state index contributed by atoms with van der Waals surface area (Å²) in [5.74, 6) is -0.0123. The Morgan fingerprint density at radius 3 is 2.75 bits per heavy atom. The highest BCUT2D eigenvalue weighted by atomic mass is 16.6. The Bertz CT molecular complexity index is 1030. The quantitative estimate of drug-likeness (QED) is 0.599. The largest absolute Gasteiger partial charge is 0.474 e. The van der Waals surface area contributed by atoms with Crippen LogP contribution in [0.5, 0.6) is 5.75 Å². The third kappa shape index (κ3) is 3.81. The van der Waals surface area contributed by atoms with Crippen LogP contribution in [-0.4, -0.2) is 18.7 Å². The van der Waals surface area contributed by atoms with Gasteiger partial charge in [0.05, 0.1) is 11.6 Å². The van der Waals surface area contributed by atoms with Gasteiger partial charge in [0, 0.05) is 0 Å². The van der Waals surface area contributed by atoms with Crippen LogP contribution < -0.4 is 10.2 Å². The van der Waals surface area contributed by atoms with Gasteiger partial charge in [-0.1, -0.05) is 18.1 Å². The molecule has 0 N–H and O–H groups in total. The van der Waals surface area contributed by atoms with Crippen LogP contribution in [0.4, 0.5) is 0 Å². The highest BCUT2D eigenvalue weighted by molar-refractivity contribution is 5.82. The van der Waals surface area contributed by atoms with E-state index in [9.17, 15) is 9.59 Å². The lowest BCUT2D eigenvalue weighted by Gasteiger charge is -2.21. The number of furan rings is 1. The molecule has 28 heavy (non-hydrogen) atoms. The van der Waals surface area contributed by atoms with Crippen LogP contribution in [0.2, 0.25) is 0 Å². The van der Waals surface area contributed by atoms with Crippen molar-refractivity contribution in [2.45, 2.75) is 45.1 Å². The normalized spacial score (nSPS) is 14.9. The monoisotopic (exact) mass is 382 g/mol. The molecule has 1 fully saturated rings. The molecule has 0 radical (unpaired) electrons. The van der Waals surface area contributed by atoms with E-state index in [1.165, 1.54) is 12.7 Å².